The molecule has 0 spiro atoms. The van der Waals surface area contributed by atoms with E-state index in [0.717, 1.165) is 0 Å². The van der Waals surface area contributed by atoms with Gasteiger partial charge in [0.2, 0.25) is 10.0 Å². The first-order valence-electron chi connectivity index (χ1n) is 5.64. The Kier molecular flexibility index (Phi) is 4.69. The highest BCUT2D eigenvalue weighted by atomic mass is 32.2. The van der Waals surface area contributed by atoms with Gasteiger partial charge in [-0.3, -0.25) is 4.72 Å². The van der Waals surface area contributed by atoms with E-state index in [2.05, 4.69) is 9.82 Å². The van der Waals surface area contributed by atoms with Crippen molar-refractivity contribution in [3.05, 3.63) is 12.3 Å². The number of aromatic nitrogens is 2. The van der Waals surface area contributed by atoms with Crippen molar-refractivity contribution in [3.8, 4) is 0 Å². The van der Waals surface area contributed by atoms with Crippen LogP contribution in [0, 0.1) is 0 Å². The molecule has 1 atom stereocenters. The summed E-state index contributed by atoms with van der Waals surface area (Å²) < 4.78 is 28.3. The first-order chi connectivity index (χ1) is 8.29. The highest BCUT2D eigenvalue weighted by Gasteiger charge is 2.27. The first kappa shape index (κ1) is 14.9. The predicted molar refractivity (Wildman–Crippen MR) is 76.0 cm³/mol. The molecule has 102 valence electrons. The van der Waals surface area contributed by atoms with E-state index in [4.69, 9.17) is 18.0 Å². The summed E-state index contributed by atoms with van der Waals surface area (Å²) in [4.78, 5) is -0.0272. The number of rotatable bonds is 6. The Morgan fingerprint density at radius 3 is 2.67 bits per heavy atom. The molecule has 0 amide bonds. The van der Waals surface area contributed by atoms with Crippen LogP contribution in [-0.2, 0) is 10.0 Å². The average Bonchev–Trinajstić information content (AvgIpc) is 2.64. The fourth-order valence-electron chi connectivity index (χ4n) is 1.60. The maximum absolute atomic E-state index is 12.1. The molecule has 0 radical (unpaired) electrons. The standard InChI is InChI=1S/C10H18N4O2S2/c1-4-8(10(11)17)18(15,16)13-9-5-6-12-14(9)7(2)3/h5-8,13H,4H2,1-3H3,(H2,11,17). The van der Waals surface area contributed by atoms with Gasteiger partial charge in [0, 0.05) is 12.1 Å². The molecular formula is C10H18N4O2S2. The largest absolute Gasteiger partial charge is 0.392 e. The summed E-state index contributed by atoms with van der Waals surface area (Å²) in [5.74, 6) is 0.416. The van der Waals surface area contributed by atoms with Crippen LogP contribution in [0.2, 0.25) is 0 Å². The van der Waals surface area contributed by atoms with Crippen LogP contribution < -0.4 is 10.5 Å². The number of anilines is 1. The maximum atomic E-state index is 12.1. The van der Waals surface area contributed by atoms with E-state index in [-0.39, 0.29) is 11.0 Å². The van der Waals surface area contributed by atoms with Crippen LogP contribution in [-0.4, -0.2) is 28.4 Å². The van der Waals surface area contributed by atoms with Gasteiger partial charge in [-0.2, -0.15) is 5.10 Å². The molecule has 18 heavy (non-hydrogen) atoms. The van der Waals surface area contributed by atoms with E-state index in [1.54, 1.807) is 23.9 Å². The number of nitrogens with two attached hydrogens (primary N) is 1. The number of hydrogen-bond acceptors (Lipinski definition) is 4. The Labute approximate surface area is 113 Å². The van der Waals surface area contributed by atoms with Crippen LogP contribution in [0.25, 0.3) is 0 Å². The first-order valence-corrected chi connectivity index (χ1v) is 7.59. The van der Waals surface area contributed by atoms with E-state index in [1.807, 2.05) is 13.8 Å². The van der Waals surface area contributed by atoms with Crippen LogP contribution in [0.4, 0.5) is 5.82 Å². The third kappa shape index (κ3) is 3.20. The molecule has 0 aliphatic heterocycles. The van der Waals surface area contributed by atoms with Gasteiger partial charge in [0.1, 0.15) is 11.1 Å². The second kappa shape index (κ2) is 5.66. The zero-order valence-electron chi connectivity index (χ0n) is 10.6. The fraction of sp³-hybridized carbons (Fsp3) is 0.600. The van der Waals surface area contributed by atoms with E-state index < -0.39 is 15.3 Å². The molecule has 1 heterocycles. The number of nitrogens with one attached hydrogen (secondary N) is 1. The van der Waals surface area contributed by atoms with Crippen LogP contribution in [0.3, 0.4) is 0 Å². The van der Waals surface area contributed by atoms with Crippen molar-refractivity contribution in [1.29, 1.82) is 0 Å². The van der Waals surface area contributed by atoms with Crippen molar-refractivity contribution >= 4 is 33.0 Å². The molecule has 1 aromatic rings. The second-order valence-electron chi connectivity index (χ2n) is 4.20. The molecular weight excluding hydrogens is 272 g/mol. The van der Waals surface area contributed by atoms with E-state index in [9.17, 15) is 8.42 Å². The Balaban J connectivity index is 3.02. The highest BCUT2D eigenvalue weighted by molar-refractivity contribution is 7.95. The van der Waals surface area contributed by atoms with Gasteiger partial charge in [0.25, 0.3) is 0 Å². The zero-order chi connectivity index (χ0) is 13.9. The molecule has 0 aliphatic rings. The molecule has 1 aromatic heterocycles. The molecule has 0 saturated heterocycles. The van der Waals surface area contributed by atoms with Crippen LogP contribution in [0.1, 0.15) is 33.2 Å². The minimum atomic E-state index is -3.63. The summed E-state index contributed by atoms with van der Waals surface area (Å²) >= 11 is 4.78. The van der Waals surface area contributed by atoms with Gasteiger partial charge in [-0.05, 0) is 20.3 Å². The van der Waals surface area contributed by atoms with Crippen LogP contribution in [0.15, 0.2) is 12.3 Å². The van der Waals surface area contributed by atoms with E-state index in [1.165, 1.54) is 0 Å². The van der Waals surface area contributed by atoms with Gasteiger partial charge in [0.05, 0.1) is 11.2 Å². The van der Waals surface area contributed by atoms with Gasteiger partial charge < -0.3 is 5.73 Å². The van der Waals surface area contributed by atoms with Gasteiger partial charge in [-0.25, -0.2) is 13.1 Å². The summed E-state index contributed by atoms with van der Waals surface area (Å²) in [5, 5.41) is 3.18. The molecule has 0 bridgehead atoms. The van der Waals surface area contributed by atoms with Crippen molar-refractivity contribution in [2.24, 2.45) is 5.73 Å². The maximum Gasteiger partial charge on any atom is 0.243 e. The lowest BCUT2D eigenvalue weighted by Gasteiger charge is -2.17. The normalized spacial score (nSPS) is 13.6. The minimum absolute atomic E-state index is 0.0272. The Morgan fingerprint density at radius 2 is 2.22 bits per heavy atom. The van der Waals surface area contributed by atoms with Crippen molar-refractivity contribution in [3.63, 3.8) is 0 Å². The average molecular weight is 290 g/mol. The molecule has 8 heteroatoms. The lowest BCUT2D eigenvalue weighted by Crippen LogP contribution is -2.38. The lowest BCUT2D eigenvalue weighted by atomic mass is 10.3. The van der Waals surface area contributed by atoms with Gasteiger partial charge in [0.15, 0.2) is 0 Å². The summed E-state index contributed by atoms with van der Waals surface area (Å²) in [7, 11) is -3.63. The quantitative estimate of drug-likeness (QED) is 0.770. The zero-order valence-corrected chi connectivity index (χ0v) is 12.3. The van der Waals surface area contributed by atoms with Crippen molar-refractivity contribution in [2.75, 3.05) is 4.72 Å². The van der Waals surface area contributed by atoms with Gasteiger partial charge in [-0.1, -0.05) is 19.1 Å². The fourth-order valence-corrected chi connectivity index (χ4v) is 3.48. The minimum Gasteiger partial charge on any atom is -0.392 e. The SMILES string of the molecule is CCC(C(N)=S)S(=O)(=O)Nc1ccnn1C(C)C. The molecule has 3 N–H and O–H groups in total. The monoisotopic (exact) mass is 290 g/mol. The van der Waals surface area contributed by atoms with Gasteiger partial charge in [-0.15, -0.1) is 0 Å². The molecule has 1 rings (SSSR count). The Morgan fingerprint density at radius 1 is 1.61 bits per heavy atom. The third-order valence-electron chi connectivity index (χ3n) is 2.47. The Bertz CT molecular complexity index is 522. The summed E-state index contributed by atoms with van der Waals surface area (Å²) in [6, 6.07) is 1.66. The molecule has 0 fully saturated rings. The van der Waals surface area contributed by atoms with Gasteiger partial charge >= 0.3 is 0 Å². The summed E-state index contributed by atoms with van der Waals surface area (Å²) in [5.41, 5.74) is 5.45. The molecule has 6 nitrogen and oxygen atoms in total. The number of thiocarbonyl (C=S) groups is 1. The molecule has 0 aromatic carbocycles. The topological polar surface area (TPSA) is 90.0 Å². The number of nitrogens with zero attached hydrogens (tertiary/aromatic N) is 2. The highest BCUT2D eigenvalue weighted by Crippen LogP contribution is 2.17. The number of hydrogen-bond donors (Lipinski definition) is 2. The van der Waals surface area contributed by atoms with E-state index >= 15 is 0 Å². The summed E-state index contributed by atoms with van der Waals surface area (Å²) in [6.45, 7) is 5.55. The van der Waals surface area contributed by atoms with E-state index in [0.29, 0.717) is 12.2 Å². The number of sulfonamides is 1. The van der Waals surface area contributed by atoms with Crippen molar-refractivity contribution in [1.82, 2.24) is 9.78 Å². The second-order valence-corrected chi connectivity index (χ2v) is 6.54. The van der Waals surface area contributed by atoms with Crippen molar-refractivity contribution in [2.45, 2.75) is 38.5 Å². The predicted octanol–water partition coefficient (Wildman–Crippen LogP) is 1.27. The summed E-state index contributed by atoms with van der Waals surface area (Å²) in [6.07, 6.45) is 1.88. The van der Waals surface area contributed by atoms with Crippen molar-refractivity contribution < 1.29 is 8.42 Å². The van der Waals surface area contributed by atoms with Crippen LogP contribution in [0.5, 0.6) is 0 Å². The molecule has 0 aliphatic carbocycles. The smallest absolute Gasteiger partial charge is 0.243 e. The molecule has 0 saturated carbocycles. The third-order valence-corrected chi connectivity index (χ3v) is 4.73. The Hall–Kier alpha value is -1.15. The lowest BCUT2D eigenvalue weighted by molar-refractivity contribution is 0.538. The van der Waals surface area contributed by atoms with Crippen LogP contribution >= 0.6 is 12.2 Å². The molecule has 1 unspecified atom stereocenters.